The first kappa shape index (κ1) is 10.8. The van der Waals surface area contributed by atoms with Crippen molar-refractivity contribution in [2.45, 2.75) is 18.9 Å². The molecule has 2 N–H and O–H groups in total. The number of rotatable bonds is 5. The van der Waals surface area contributed by atoms with Crippen molar-refractivity contribution in [1.29, 1.82) is 0 Å². The molecule has 16 heavy (non-hydrogen) atoms. The van der Waals surface area contributed by atoms with Gasteiger partial charge in [-0.2, -0.15) is 0 Å². The Morgan fingerprint density at radius 1 is 1.31 bits per heavy atom. The zero-order valence-corrected chi connectivity index (χ0v) is 9.16. The predicted molar refractivity (Wildman–Crippen MR) is 62.9 cm³/mol. The van der Waals surface area contributed by atoms with Crippen LogP contribution in [-0.2, 0) is 0 Å². The lowest BCUT2D eigenvalue weighted by Gasteiger charge is -2.18. The summed E-state index contributed by atoms with van der Waals surface area (Å²) in [4.78, 5) is 8.25. The van der Waals surface area contributed by atoms with Gasteiger partial charge in [0.25, 0.3) is 0 Å². The molecule has 2 aromatic heterocycles. The number of hydrogen-bond donors (Lipinski definition) is 1. The Bertz CT molecular complexity index is 396. The van der Waals surface area contributed by atoms with E-state index in [-0.39, 0.29) is 0 Å². The topological polar surface area (TPSA) is 56.7 Å². The van der Waals surface area contributed by atoms with Gasteiger partial charge in [0, 0.05) is 24.8 Å². The highest BCUT2D eigenvalue weighted by atomic mass is 15.0. The van der Waals surface area contributed by atoms with Crippen molar-refractivity contribution in [3.63, 3.8) is 0 Å². The minimum absolute atomic E-state index is 0.291. The van der Waals surface area contributed by atoms with Crippen LogP contribution in [0.5, 0.6) is 0 Å². The highest BCUT2D eigenvalue weighted by Crippen LogP contribution is 2.21. The average molecular weight is 216 g/mol. The Kier molecular flexibility index (Phi) is 3.66. The van der Waals surface area contributed by atoms with Gasteiger partial charge in [-0.3, -0.25) is 4.98 Å². The van der Waals surface area contributed by atoms with Crippen LogP contribution in [0.3, 0.4) is 0 Å². The largest absolute Gasteiger partial charge is 0.330 e. The van der Waals surface area contributed by atoms with E-state index in [2.05, 4.69) is 20.6 Å². The summed E-state index contributed by atoms with van der Waals surface area (Å²) in [5, 5.41) is 0. The summed E-state index contributed by atoms with van der Waals surface area (Å²) >= 11 is 0. The van der Waals surface area contributed by atoms with Crippen molar-refractivity contribution >= 4 is 0 Å². The van der Waals surface area contributed by atoms with Gasteiger partial charge in [0.05, 0.1) is 12.4 Å². The Labute approximate surface area is 95.1 Å². The standard InChI is InChI=1S/C12H16N4/c13-5-1-4-12(16-8-7-15-10-16)11-3-2-6-14-9-11/h2-3,6-10,12H,1,4-5,13H2. The second-order valence-corrected chi connectivity index (χ2v) is 3.74. The van der Waals surface area contributed by atoms with E-state index >= 15 is 0 Å². The minimum Gasteiger partial charge on any atom is -0.330 e. The molecule has 2 heterocycles. The molecule has 2 aromatic rings. The molecule has 1 atom stereocenters. The van der Waals surface area contributed by atoms with Crippen molar-refractivity contribution in [1.82, 2.24) is 14.5 Å². The summed E-state index contributed by atoms with van der Waals surface area (Å²) in [6.07, 6.45) is 11.3. The number of imidazole rings is 1. The monoisotopic (exact) mass is 216 g/mol. The van der Waals surface area contributed by atoms with Gasteiger partial charge in [0.2, 0.25) is 0 Å². The Balaban J connectivity index is 2.21. The Morgan fingerprint density at radius 2 is 2.25 bits per heavy atom. The summed E-state index contributed by atoms with van der Waals surface area (Å²) in [6.45, 7) is 0.714. The molecular weight excluding hydrogens is 200 g/mol. The molecule has 0 amide bonds. The van der Waals surface area contributed by atoms with E-state index in [1.807, 2.05) is 24.8 Å². The first-order valence-corrected chi connectivity index (χ1v) is 5.49. The summed E-state index contributed by atoms with van der Waals surface area (Å²) in [5.74, 6) is 0. The highest BCUT2D eigenvalue weighted by Gasteiger charge is 2.12. The van der Waals surface area contributed by atoms with Crippen LogP contribution >= 0.6 is 0 Å². The molecule has 0 saturated heterocycles. The third-order valence-corrected chi connectivity index (χ3v) is 2.64. The van der Waals surface area contributed by atoms with E-state index in [0.717, 1.165) is 12.8 Å². The van der Waals surface area contributed by atoms with Crippen molar-refractivity contribution in [2.24, 2.45) is 5.73 Å². The van der Waals surface area contributed by atoms with Gasteiger partial charge in [-0.25, -0.2) is 4.98 Å². The summed E-state index contributed by atoms with van der Waals surface area (Å²) < 4.78 is 2.10. The van der Waals surface area contributed by atoms with Crippen molar-refractivity contribution in [3.05, 3.63) is 48.8 Å². The van der Waals surface area contributed by atoms with Crippen LogP contribution in [0.25, 0.3) is 0 Å². The summed E-state index contributed by atoms with van der Waals surface area (Å²) in [7, 11) is 0. The fourth-order valence-corrected chi connectivity index (χ4v) is 1.83. The number of hydrogen-bond acceptors (Lipinski definition) is 3. The Hall–Kier alpha value is -1.68. The molecular formula is C12H16N4. The normalized spacial score (nSPS) is 12.6. The van der Waals surface area contributed by atoms with Crippen molar-refractivity contribution < 1.29 is 0 Å². The van der Waals surface area contributed by atoms with Gasteiger partial charge in [0.1, 0.15) is 0 Å². The molecule has 2 rings (SSSR count). The number of pyridine rings is 1. The molecule has 0 spiro atoms. The lowest BCUT2D eigenvalue weighted by molar-refractivity contribution is 0.521. The van der Waals surface area contributed by atoms with Crippen molar-refractivity contribution in [3.8, 4) is 0 Å². The maximum absolute atomic E-state index is 5.57. The first-order chi connectivity index (χ1) is 7.92. The van der Waals surface area contributed by atoms with Crippen LogP contribution < -0.4 is 5.73 Å². The smallest absolute Gasteiger partial charge is 0.0951 e. The molecule has 1 unspecified atom stereocenters. The SMILES string of the molecule is NCCCC(c1cccnc1)n1ccnc1. The Morgan fingerprint density at radius 3 is 2.88 bits per heavy atom. The van der Waals surface area contributed by atoms with Crippen LogP contribution in [0.2, 0.25) is 0 Å². The third-order valence-electron chi connectivity index (χ3n) is 2.64. The third kappa shape index (κ3) is 2.46. The number of nitrogens with zero attached hydrogens (tertiary/aromatic N) is 3. The van der Waals surface area contributed by atoms with Crippen LogP contribution in [-0.4, -0.2) is 21.1 Å². The zero-order chi connectivity index (χ0) is 11.2. The second-order valence-electron chi connectivity index (χ2n) is 3.74. The summed E-state index contributed by atoms with van der Waals surface area (Å²) in [6, 6.07) is 4.34. The maximum atomic E-state index is 5.57. The molecule has 4 heteroatoms. The van der Waals surface area contributed by atoms with Gasteiger partial charge < -0.3 is 10.3 Å². The zero-order valence-electron chi connectivity index (χ0n) is 9.16. The van der Waals surface area contributed by atoms with E-state index < -0.39 is 0 Å². The molecule has 84 valence electrons. The quantitative estimate of drug-likeness (QED) is 0.826. The van der Waals surface area contributed by atoms with Gasteiger partial charge in [-0.05, 0) is 31.0 Å². The lowest BCUT2D eigenvalue weighted by atomic mass is 10.0. The second kappa shape index (κ2) is 5.42. The molecule has 0 fully saturated rings. The van der Waals surface area contributed by atoms with Crippen molar-refractivity contribution in [2.75, 3.05) is 6.54 Å². The molecule has 0 aromatic carbocycles. The van der Waals surface area contributed by atoms with Gasteiger partial charge in [0.15, 0.2) is 0 Å². The number of nitrogens with two attached hydrogens (primary N) is 1. The predicted octanol–water partition coefficient (Wildman–Crippen LogP) is 1.61. The van der Waals surface area contributed by atoms with Crippen LogP contribution in [0.4, 0.5) is 0 Å². The van der Waals surface area contributed by atoms with Gasteiger partial charge in [-0.15, -0.1) is 0 Å². The number of aromatic nitrogens is 3. The average Bonchev–Trinajstić information content (AvgIpc) is 2.85. The molecule has 0 bridgehead atoms. The maximum Gasteiger partial charge on any atom is 0.0951 e. The van der Waals surface area contributed by atoms with Crippen LogP contribution in [0, 0.1) is 0 Å². The summed E-state index contributed by atoms with van der Waals surface area (Å²) in [5.41, 5.74) is 6.77. The lowest BCUT2D eigenvalue weighted by Crippen LogP contribution is -2.11. The fourth-order valence-electron chi connectivity index (χ4n) is 1.83. The molecule has 0 aliphatic carbocycles. The fraction of sp³-hybridized carbons (Fsp3) is 0.333. The molecule has 0 aliphatic heterocycles. The van der Waals surface area contributed by atoms with Gasteiger partial charge in [-0.1, -0.05) is 6.07 Å². The van der Waals surface area contributed by atoms with E-state index in [9.17, 15) is 0 Å². The van der Waals surface area contributed by atoms with Crippen LogP contribution in [0.1, 0.15) is 24.4 Å². The molecule has 4 nitrogen and oxygen atoms in total. The van der Waals surface area contributed by atoms with E-state index in [4.69, 9.17) is 5.73 Å². The van der Waals surface area contributed by atoms with E-state index in [1.165, 1.54) is 5.56 Å². The van der Waals surface area contributed by atoms with E-state index in [1.54, 1.807) is 12.4 Å². The van der Waals surface area contributed by atoms with Gasteiger partial charge >= 0.3 is 0 Å². The highest BCUT2D eigenvalue weighted by molar-refractivity contribution is 5.15. The molecule has 0 aliphatic rings. The van der Waals surface area contributed by atoms with Crippen LogP contribution in [0.15, 0.2) is 43.2 Å². The molecule has 0 radical (unpaired) electrons. The first-order valence-electron chi connectivity index (χ1n) is 5.49. The minimum atomic E-state index is 0.291. The molecule has 0 saturated carbocycles. The van der Waals surface area contributed by atoms with E-state index in [0.29, 0.717) is 12.6 Å².